The maximum Gasteiger partial charge on any atom is 0.264 e. The number of nitrogens with one attached hydrogen (secondary N) is 1. The number of nitrogen functional groups attached to an aromatic ring is 1. The number of sulfonamides is 1. The van der Waals surface area contributed by atoms with Crippen molar-refractivity contribution < 1.29 is 12.8 Å². The minimum atomic E-state index is -3.97. The molecule has 3 N–H and O–H groups in total. The molecule has 0 bridgehead atoms. The van der Waals surface area contributed by atoms with Crippen molar-refractivity contribution in [3.05, 3.63) is 42.2 Å². The molecular weight excluding hydrogens is 315 g/mol. The molecule has 0 saturated carbocycles. The molecule has 108 valence electrons. The molecule has 0 saturated heterocycles. The summed E-state index contributed by atoms with van der Waals surface area (Å²) in [7, 11) is -3.97. The highest BCUT2D eigenvalue weighted by Gasteiger charge is 2.20. The number of nitrogens with two attached hydrogens (primary N) is 1. The number of anilines is 2. The smallest absolute Gasteiger partial charge is 0.264 e. The van der Waals surface area contributed by atoms with Crippen molar-refractivity contribution in [1.29, 1.82) is 0 Å². The molecule has 0 radical (unpaired) electrons. The third-order valence-corrected chi connectivity index (χ3v) is 4.72. The van der Waals surface area contributed by atoms with Gasteiger partial charge in [0.2, 0.25) is 0 Å². The summed E-state index contributed by atoms with van der Waals surface area (Å²) in [5, 5.41) is 0. The topological polar surface area (TPSA) is 98.0 Å². The third-order valence-electron chi connectivity index (χ3n) is 2.78. The predicted octanol–water partition coefficient (Wildman–Crippen LogP) is 2.21. The van der Waals surface area contributed by atoms with E-state index in [2.05, 4.69) is 13.5 Å². The largest absolute Gasteiger partial charge is 0.399 e. The Hall–Kier alpha value is -2.26. The van der Waals surface area contributed by atoms with Crippen LogP contribution in [0.2, 0.25) is 0 Å². The normalized spacial score (nSPS) is 11.7. The number of rotatable bonds is 3. The van der Waals surface area contributed by atoms with Crippen LogP contribution in [0.3, 0.4) is 0 Å². The molecule has 0 aliphatic heterocycles. The van der Waals surface area contributed by atoms with Crippen LogP contribution < -0.4 is 10.5 Å². The molecule has 0 aliphatic carbocycles. The zero-order valence-electron chi connectivity index (χ0n) is 10.4. The molecule has 0 spiro atoms. The summed E-state index contributed by atoms with van der Waals surface area (Å²) in [6.07, 6.45) is 0. The fourth-order valence-electron chi connectivity index (χ4n) is 1.81. The minimum Gasteiger partial charge on any atom is -0.399 e. The molecule has 0 atom stereocenters. The Balaban J connectivity index is 2.06. The average Bonchev–Trinajstić information content (AvgIpc) is 2.90. The monoisotopic (exact) mass is 324 g/mol. The first-order valence-corrected chi connectivity index (χ1v) is 7.98. The number of hydrogen-bond donors (Lipinski definition) is 2. The van der Waals surface area contributed by atoms with Crippen LogP contribution in [0.5, 0.6) is 0 Å². The second-order valence-corrected chi connectivity index (χ2v) is 6.41. The van der Waals surface area contributed by atoms with E-state index in [-0.39, 0.29) is 21.8 Å². The van der Waals surface area contributed by atoms with E-state index in [0.717, 1.165) is 17.8 Å². The summed E-state index contributed by atoms with van der Waals surface area (Å²) in [6, 6.07) is 8.32. The lowest BCUT2D eigenvalue weighted by molar-refractivity contribution is 0.599. The molecule has 6 nitrogen and oxygen atoms in total. The fraction of sp³-hybridized carbons (Fsp3) is 0. The van der Waals surface area contributed by atoms with Crippen molar-refractivity contribution in [3.8, 4) is 0 Å². The molecule has 21 heavy (non-hydrogen) atoms. The predicted molar refractivity (Wildman–Crippen MR) is 79.0 cm³/mol. The number of aromatic nitrogens is 2. The second kappa shape index (κ2) is 4.93. The molecule has 0 unspecified atom stereocenters. The number of benzene rings is 2. The zero-order valence-corrected chi connectivity index (χ0v) is 12.1. The van der Waals surface area contributed by atoms with E-state index < -0.39 is 15.8 Å². The van der Waals surface area contributed by atoms with Crippen LogP contribution in [-0.2, 0) is 10.0 Å². The SMILES string of the molecule is Nc1ccc(NS(=O)(=O)c2cccc3nsnc23)c(F)c1. The van der Waals surface area contributed by atoms with Gasteiger partial charge >= 0.3 is 0 Å². The molecule has 1 aromatic heterocycles. The van der Waals surface area contributed by atoms with Gasteiger partial charge in [-0.3, -0.25) is 4.72 Å². The van der Waals surface area contributed by atoms with E-state index in [1.807, 2.05) is 0 Å². The minimum absolute atomic E-state index is 0.0509. The van der Waals surface area contributed by atoms with Gasteiger partial charge in [0.25, 0.3) is 10.0 Å². The highest BCUT2D eigenvalue weighted by Crippen LogP contribution is 2.25. The summed E-state index contributed by atoms with van der Waals surface area (Å²) in [6.45, 7) is 0. The first-order valence-electron chi connectivity index (χ1n) is 5.76. The van der Waals surface area contributed by atoms with Crippen molar-refractivity contribution >= 4 is 44.2 Å². The fourth-order valence-corrected chi connectivity index (χ4v) is 3.65. The van der Waals surface area contributed by atoms with Crippen LogP contribution in [0, 0.1) is 5.82 Å². The first-order chi connectivity index (χ1) is 9.97. The van der Waals surface area contributed by atoms with E-state index >= 15 is 0 Å². The Kier molecular flexibility index (Phi) is 3.22. The van der Waals surface area contributed by atoms with Crippen LogP contribution in [0.25, 0.3) is 11.0 Å². The van der Waals surface area contributed by atoms with Gasteiger partial charge in [-0.15, -0.1) is 0 Å². The molecule has 0 aliphatic rings. The van der Waals surface area contributed by atoms with Crippen LogP contribution in [-0.4, -0.2) is 17.2 Å². The summed E-state index contributed by atoms with van der Waals surface area (Å²) in [5.41, 5.74) is 6.19. The van der Waals surface area contributed by atoms with Gasteiger partial charge in [-0.1, -0.05) is 6.07 Å². The molecule has 1 heterocycles. The highest BCUT2D eigenvalue weighted by molar-refractivity contribution is 7.93. The molecule has 0 fully saturated rings. The van der Waals surface area contributed by atoms with Crippen molar-refractivity contribution in [2.45, 2.75) is 4.90 Å². The average molecular weight is 324 g/mol. The Labute approximate surface area is 123 Å². The quantitative estimate of drug-likeness (QED) is 0.720. The molecule has 3 aromatic rings. The summed E-state index contributed by atoms with van der Waals surface area (Å²) >= 11 is 0.912. The second-order valence-electron chi connectivity index (χ2n) is 4.23. The summed E-state index contributed by atoms with van der Waals surface area (Å²) < 4.78 is 48.6. The third kappa shape index (κ3) is 2.52. The van der Waals surface area contributed by atoms with Gasteiger partial charge < -0.3 is 5.73 Å². The van der Waals surface area contributed by atoms with Gasteiger partial charge in [-0.05, 0) is 30.3 Å². The number of nitrogens with zero attached hydrogens (tertiary/aromatic N) is 2. The Morgan fingerprint density at radius 1 is 1.19 bits per heavy atom. The van der Waals surface area contributed by atoms with Crippen molar-refractivity contribution in [1.82, 2.24) is 8.75 Å². The van der Waals surface area contributed by atoms with E-state index in [4.69, 9.17) is 5.73 Å². The standard InChI is InChI=1S/C12H9FN4O2S2/c13-8-6-7(14)4-5-9(8)17-21(18,19)11-3-1-2-10-12(11)16-20-15-10/h1-6,17H,14H2. The summed E-state index contributed by atoms with van der Waals surface area (Å²) in [4.78, 5) is -0.0509. The Morgan fingerprint density at radius 3 is 2.76 bits per heavy atom. The maximum absolute atomic E-state index is 13.7. The molecule has 3 rings (SSSR count). The van der Waals surface area contributed by atoms with Gasteiger partial charge in [-0.25, -0.2) is 12.8 Å². The first kappa shape index (κ1) is 13.7. The van der Waals surface area contributed by atoms with Gasteiger partial charge in [0, 0.05) is 5.69 Å². The van der Waals surface area contributed by atoms with Gasteiger partial charge in [-0.2, -0.15) is 8.75 Å². The molecule has 0 amide bonds. The highest BCUT2D eigenvalue weighted by atomic mass is 32.2. The van der Waals surface area contributed by atoms with E-state index in [9.17, 15) is 12.8 Å². The lowest BCUT2D eigenvalue weighted by Gasteiger charge is -2.09. The van der Waals surface area contributed by atoms with Crippen LogP contribution in [0.1, 0.15) is 0 Å². The number of fused-ring (bicyclic) bond motifs is 1. The molecule has 9 heteroatoms. The van der Waals surface area contributed by atoms with Crippen LogP contribution >= 0.6 is 11.7 Å². The number of halogens is 1. The lowest BCUT2D eigenvalue weighted by Crippen LogP contribution is -2.14. The van der Waals surface area contributed by atoms with Crippen molar-refractivity contribution in [3.63, 3.8) is 0 Å². The molecular formula is C12H9FN4O2S2. The van der Waals surface area contributed by atoms with Crippen LogP contribution in [0.4, 0.5) is 15.8 Å². The van der Waals surface area contributed by atoms with Gasteiger partial charge in [0.1, 0.15) is 21.7 Å². The lowest BCUT2D eigenvalue weighted by atomic mass is 10.3. The van der Waals surface area contributed by atoms with Crippen molar-refractivity contribution in [2.24, 2.45) is 0 Å². The number of hydrogen-bond acceptors (Lipinski definition) is 6. The Bertz CT molecular complexity index is 924. The van der Waals surface area contributed by atoms with E-state index in [1.54, 1.807) is 12.1 Å². The van der Waals surface area contributed by atoms with Crippen LogP contribution in [0.15, 0.2) is 41.3 Å². The van der Waals surface area contributed by atoms with E-state index in [1.165, 1.54) is 18.2 Å². The van der Waals surface area contributed by atoms with E-state index in [0.29, 0.717) is 5.52 Å². The maximum atomic E-state index is 13.7. The van der Waals surface area contributed by atoms with Gasteiger partial charge in [0.05, 0.1) is 17.4 Å². The zero-order chi connectivity index (χ0) is 15.0. The molecule has 2 aromatic carbocycles. The summed E-state index contributed by atoms with van der Waals surface area (Å²) in [5.74, 6) is -0.748. The Morgan fingerprint density at radius 2 is 2.00 bits per heavy atom. The van der Waals surface area contributed by atoms with Gasteiger partial charge in [0.15, 0.2) is 0 Å². The van der Waals surface area contributed by atoms with Crippen molar-refractivity contribution in [2.75, 3.05) is 10.5 Å².